The van der Waals surface area contributed by atoms with Gasteiger partial charge in [0.2, 0.25) is 10.0 Å². The highest BCUT2D eigenvalue weighted by Gasteiger charge is 2.22. The van der Waals surface area contributed by atoms with E-state index >= 15 is 0 Å². The van der Waals surface area contributed by atoms with Crippen LogP contribution < -0.4 is 4.72 Å². The summed E-state index contributed by atoms with van der Waals surface area (Å²) < 4.78 is 32.5. The van der Waals surface area contributed by atoms with Crippen LogP contribution in [-0.2, 0) is 14.8 Å². The molecule has 9 heteroatoms. The number of nitro benzene ring substituents is 1. The highest BCUT2D eigenvalue weighted by Crippen LogP contribution is 2.15. The van der Waals surface area contributed by atoms with Crippen molar-refractivity contribution in [2.45, 2.75) is 37.4 Å². The molecule has 1 aromatic rings. The maximum absolute atomic E-state index is 12.2. The first-order valence-corrected chi connectivity index (χ1v) is 9.38. The van der Waals surface area contributed by atoms with Gasteiger partial charge in [-0.2, -0.15) is 0 Å². The van der Waals surface area contributed by atoms with Gasteiger partial charge in [0.25, 0.3) is 5.69 Å². The number of nitrogens with one attached hydrogen (secondary N) is 1. The van der Waals surface area contributed by atoms with Crippen molar-refractivity contribution in [2.24, 2.45) is 0 Å². The Morgan fingerprint density at radius 2 is 1.83 bits per heavy atom. The maximum atomic E-state index is 12.2. The van der Waals surface area contributed by atoms with Crippen LogP contribution in [0.2, 0.25) is 0 Å². The Balaban J connectivity index is 1.81. The number of benzene rings is 1. The minimum Gasteiger partial charge on any atom is -0.373 e. The molecule has 24 heavy (non-hydrogen) atoms. The van der Waals surface area contributed by atoms with Gasteiger partial charge in [-0.1, -0.05) is 0 Å². The molecule has 134 valence electrons. The van der Waals surface area contributed by atoms with Crippen LogP contribution in [0.3, 0.4) is 0 Å². The van der Waals surface area contributed by atoms with E-state index in [1.165, 1.54) is 24.3 Å². The van der Waals surface area contributed by atoms with Gasteiger partial charge >= 0.3 is 0 Å². The molecule has 0 amide bonds. The summed E-state index contributed by atoms with van der Waals surface area (Å²) >= 11 is 0. The number of rotatable bonds is 7. The average molecular weight is 357 g/mol. The van der Waals surface area contributed by atoms with Crippen LogP contribution in [0.25, 0.3) is 0 Å². The molecular formula is C15H23N3O5S. The smallest absolute Gasteiger partial charge is 0.269 e. The first-order valence-electron chi connectivity index (χ1n) is 7.90. The second kappa shape index (κ2) is 8.02. The van der Waals surface area contributed by atoms with Gasteiger partial charge in [-0.25, -0.2) is 13.1 Å². The molecule has 2 unspecified atom stereocenters. The summed E-state index contributed by atoms with van der Waals surface area (Å²) in [6.45, 7) is 6.86. The second-order valence-electron chi connectivity index (χ2n) is 6.02. The molecule has 1 aliphatic rings. The summed E-state index contributed by atoms with van der Waals surface area (Å²) in [6.07, 6.45) is 1.06. The number of hydrogen-bond acceptors (Lipinski definition) is 6. The molecule has 1 heterocycles. The number of nitrogens with zero attached hydrogens (tertiary/aromatic N) is 2. The lowest BCUT2D eigenvalue weighted by Gasteiger charge is -2.35. The van der Waals surface area contributed by atoms with Gasteiger partial charge in [0.05, 0.1) is 22.0 Å². The summed E-state index contributed by atoms with van der Waals surface area (Å²) in [7, 11) is -3.64. The van der Waals surface area contributed by atoms with Crippen molar-refractivity contribution in [2.75, 3.05) is 26.2 Å². The first kappa shape index (κ1) is 18.8. The van der Waals surface area contributed by atoms with Crippen molar-refractivity contribution in [3.05, 3.63) is 34.4 Å². The first-order chi connectivity index (χ1) is 11.3. The number of non-ortho nitro benzene ring substituents is 1. The summed E-state index contributed by atoms with van der Waals surface area (Å²) in [5, 5.41) is 10.6. The number of sulfonamides is 1. The predicted octanol–water partition coefficient (Wildman–Crippen LogP) is 1.37. The Hall–Kier alpha value is -1.55. The molecule has 0 aliphatic carbocycles. The van der Waals surface area contributed by atoms with Crippen LogP contribution in [-0.4, -0.2) is 56.6 Å². The summed E-state index contributed by atoms with van der Waals surface area (Å²) in [4.78, 5) is 12.3. The predicted molar refractivity (Wildman–Crippen MR) is 89.4 cm³/mol. The number of morpholine rings is 1. The van der Waals surface area contributed by atoms with E-state index in [1.54, 1.807) is 0 Å². The molecule has 2 atom stereocenters. The van der Waals surface area contributed by atoms with Crippen molar-refractivity contribution in [1.29, 1.82) is 0 Å². The highest BCUT2D eigenvalue weighted by molar-refractivity contribution is 7.89. The monoisotopic (exact) mass is 357 g/mol. The van der Waals surface area contributed by atoms with E-state index in [4.69, 9.17) is 4.74 Å². The van der Waals surface area contributed by atoms with Crippen molar-refractivity contribution in [3.8, 4) is 0 Å². The molecule has 0 saturated carbocycles. The summed E-state index contributed by atoms with van der Waals surface area (Å²) in [5.74, 6) is 0. The van der Waals surface area contributed by atoms with Crippen molar-refractivity contribution in [1.82, 2.24) is 9.62 Å². The van der Waals surface area contributed by atoms with E-state index < -0.39 is 14.9 Å². The van der Waals surface area contributed by atoms with Gasteiger partial charge in [-0.05, 0) is 38.9 Å². The van der Waals surface area contributed by atoms with Crippen molar-refractivity contribution in [3.63, 3.8) is 0 Å². The van der Waals surface area contributed by atoms with Crippen LogP contribution in [0.5, 0.6) is 0 Å². The van der Waals surface area contributed by atoms with Crippen molar-refractivity contribution >= 4 is 15.7 Å². The van der Waals surface area contributed by atoms with E-state index in [2.05, 4.69) is 9.62 Å². The van der Waals surface area contributed by atoms with Gasteiger partial charge < -0.3 is 4.74 Å². The third-order valence-electron chi connectivity index (χ3n) is 3.80. The highest BCUT2D eigenvalue weighted by atomic mass is 32.2. The van der Waals surface area contributed by atoms with E-state index in [-0.39, 0.29) is 22.8 Å². The minimum absolute atomic E-state index is 0.0294. The van der Waals surface area contributed by atoms with Crippen LogP contribution >= 0.6 is 0 Å². The van der Waals surface area contributed by atoms with E-state index in [0.717, 1.165) is 19.6 Å². The van der Waals surface area contributed by atoms with Gasteiger partial charge in [0.1, 0.15) is 0 Å². The zero-order valence-corrected chi connectivity index (χ0v) is 14.7. The van der Waals surface area contributed by atoms with Gasteiger partial charge in [-0.3, -0.25) is 15.0 Å². The zero-order valence-electron chi connectivity index (χ0n) is 13.8. The molecule has 1 saturated heterocycles. The summed E-state index contributed by atoms with van der Waals surface area (Å²) in [5.41, 5.74) is -0.135. The molecule has 1 N–H and O–H groups in total. The third kappa shape index (κ3) is 5.23. The SMILES string of the molecule is CC1CN(CCCNS(=O)(=O)c2ccc([N+](=O)[O-])cc2)CC(C)O1. The van der Waals surface area contributed by atoms with Crippen LogP contribution in [0.1, 0.15) is 20.3 Å². The fourth-order valence-electron chi connectivity index (χ4n) is 2.81. The van der Waals surface area contributed by atoms with Crippen LogP contribution in [0, 0.1) is 10.1 Å². The Morgan fingerprint density at radius 3 is 2.38 bits per heavy atom. The van der Waals surface area contributed by atoms with Gasteiger partial charge in [0, 0.05) is 31.8 Å². The molecule has 1 fully saturated rings. The Kier molecular flexibility index (Phi) is 6.27. The lowest BCUT2D eigenvalue weighted by Crippen LogP contribution is -2.46. The number of nitro groups is 1. The second-order valence-corrected chi connectivity index (χ2v) is 7.79. The molecule has 1 aliphatic heterocycles. The molecule has 8 nitrogen and oxygen atoms in total. The van der Waals surface area contributed by atoms with E-state index in [1.807, 2.05) is 13.8 Å². The Labute approximate surface area is 142 Å². The molecule has 0 bridgehead atoms. The Bertz CT molecular complexity index is 652. The third-order valence-corrected chi connectivity index (χ3v) is 5.27. The molecule has 2 rings (SSSR count). The van der Waals surface area contributed by atoms with Crippen molar-refractivity contribution < 1.29 is 18.1 Å². The van der Waals surface area contributed by atoms with Gasteiger partial charge in [0.15, 0.2) is 0 Å². The van der Waals surface area contributed by atoms with E-state index in [0.29, 0.717) is 13.0 Å². The summed E-state index contributed by atoms with van der Waals surface area (Å²) in [6, 6.07) is 4.85. The average Bonchev–Trinajstić information content (AvgIpc) is 2.51. The quantitative estimate of drug-likeness (QED) is 0.449. The fraction of sp³-hybridized carbons (Fsp3) is 0.600. The van der Waals surface area contributed by atoms with Gasteiger partial charge in [-0.15, -0.1) is 0 Å². The zero-order chi connectivity index (χ0) is 17.7. The number of hydrogen-bond donors (Lipinski definition) is 1. The van der Waals surface area contributed by atoms with E-state index in [9.17, 15) is 18.5 Å². The number of ether oxygens (including phenoxy) is 1. The molecular weight excluding hydrogens is 334 g/mol. The van der Waals surface area contributed by atoms with Crippen LogP contribution in [0.4, 0.5) is 5.69 Å². The fourth-order valence-corrected chi connectivity index (χ4v) is 3.88. The molecule has 0 aromatic heterocycles. The topological polar surface area (TPSA) is 102 Å². The standard InChI is InChI=1S/C15H23N3O5S/c1-12-10-17(11-13(2)23-12)9-3-8-16-24(21,22)15-6-4-14(5-7-15)18(19)20/h4-7,12-13,16H,3,8-11H2,1-2H3. The van der Waals surface area contributed by atoms with Crippen LogP contribution in [0.15, 0.2) is 29.2 Å². The molecule has 1 aromatic carbocycles. The molecule has 0 radical (unpaired) electrons. The largest absolute Gasteiger partial charge is 0.373 e. The Morgan fingerprint density at radius 1 is 1.25 bits per heavy atom. The minimum atomic E-state index is -3.64. The molecule has 0 spiro atoms. The lowest BCUT2D eigenvalue weighted by atomic mass is 10.2. The normalized spacial score (nSPS) is 22.4. The lowest BCUT2D eigenvalue weighted by molar-refractivity contribution is -0.384. The maximum Gasteiger partial charge on any atom is 0.269 e.